The number of allylic oxidation sites excluding steroid dienone is 1. The van der Waals surface area contributed by atoms with Gasteiger partial charge in [-0.25, -0.2) is 0 Å². The zero-order valence-electron chi connectivity index (χ0n) is 14.3. The van der Waals surface area contributed by atoms with Crippen molar-refractivity contribution in [2.45, 2.75) is 39.3 Å². The number of nitrogens with zero attached hydrogens (tertiary/aromatic N) is 3. The van der Waals surface area contributed by atoms with Gasteiger partial charge in [0.15, 0.2) is 0 Å². The molecule has 0 saturated carbocycles. The molecule has 124 valence electrons. The summed E-state index contributed by atoms with van der Waals surface area (Å²) in [5, 5.41) is 3.24. The summed E-state index contributed by atoms with van der Waals surface area (Å²) in [5.41, 5.74) is 4.01. The molecule has 1 aromatic rings. The lowest BCUT2D eigenvalue weighted by Gasteiger charge is -2.43. The molecule has 2 aliphatic heterocycles. The molecule has 4 nitrogen and oxygen atoms in total. The zero-order chi connectivity index (χ0) is 16.1. The molecule has 1 saturated heterocycles. The predicted molar refractivity (Wildman–Crippen MR) is 94.9 cm³/mol. The minimum Gasteiger partial charge on any atom is -0.387 e. The van der Waals surface area contributed by atoms with Gasteiger partial charge in [-0.1, -0.05) is 19.9 Å². The third-order valence-electron chi connectivity index (χ3n) is 4.88. The van der Waals surface area contributed by atoms with Crippen LogP contribution in [0.2, 0.25) is 0 Å². The molecule has 0 radical (unpaired) electrons. The number of nitrogens with one attached hydrogen (secondary N) is 1. The van der Waals surface area contributed by atoms with Gasteiger partial charge in [0.1, 0.15) is 0 Å². The summed E-state index contributed by atoms with van der Waals surface area (Å²) in [4.78, 5) is 9.70. The Morgan fingerprint density at radius 2 is 2.22 bits per heavy atom. The van der Waals surface area contributed by atoms with Crippen molar-refractivity contribution in [3.05, 3.63) is 53.6 Å². The van der Waals surface area contributed by atoms with Gasteiger partial charge in [-0.05, 0) is 42.8 Å². The van der Waals surface area contributed by atoms with Gasteiger partial charge in [0.05, 0.1) is 0 Å². The first-order valence-electron chi connectivity index (χ1n) is 8.83. The van der Waals surface area contributed by atoms with Gasteiger partial charge < -0.3 is 10.2 Å². The van der Waals surface area contributed by atoms with Crippen molar-refractivity contribution >= 4 is 0 Å². The van der Waals surface area contributed by atoms with Crippen LogP contribution in [-0.4, -0.2) is 47.0 Å². The van der Waals surface area contributed by atoms with E-state index in [2.05, 4.69) is 64.4 Å². The maximum atomic E-state index is 4.53. The fourth-order valence-electron chi connectivity index (χ4n) is 3.58. The number of piperazine rings is 1. The summed E-state index contributed by atoms with van der Waals surface area (Å²) in [7, 11) is 0. The third-order valence-corrected chi connectivity index (χ3v) is 4.88. The number of aryl methyl sites for hydroxylation is 1. The number of hydrogen-bond acceptors (Lipinski definition) is 4. The van der Waals surface area contributed by atoms with E-state index in [-0.39, 0.29) is 0 Å². The van der Waals surface area contributed by atoms with Gasteiger partial charge in [-0.15, -0.1) is 0 Å². The lowest BCUT2D eigenvalue weighted by molar-refractivity contribution is 0.0960. The highest BCUT2D eigenvalue weighted by atomic mass is 15.3. The summed E-state index contributed by atoms with van der Waals surface area (Å²) >= 11 is 0. The van der Waals surface area contributed by atoms with Crippen LogP contribution in [0.5, 0.6) is 0 Å². The average molecular weight is 312 g/mol. The van der Waals surface area contributed by atoms with Crippen LogP contribution in [0.3, 0.4) is 0 Å². The van der Waals surface area contributed by atoms with Gasteiger partial charge in [-0.3, -0.25) is 9.88 Å². The van der Waals surface area contributed by atoms with E-state index >= 15 is 0 Å². The Bertz CT molecular complexity index is 578. The zero-order valence-corrected chi connectivity index (χ0v) is 14.3. The van der Waals surface area contributed by atoms with E-state index in [0.717, 1.165) is 39.1 Å². The Hall–Kier alpha value is -1.81. The highest BCUT2D eigenvalue weighted by Gasteiger charge is 2.27. The second-order valence-corrected chi connectivity index (χ2v) is 6.32. The van der Waals surface area contributed by atoms with Crippen LogP contribution in [0.4, 0.5) is 0 Å². The van der Waals surface area contributed by atoms with Crippen LogP contribution in [-0.2, 0) is 13.0 Å². The molecule has 3 rings (SSSR count). The first kappa shape index (κ1) is 16.1. The Balaban J connectivity index is 1.66. The Kier molecular flexibility index (Phi) is 5.34. The summed E-state index contributed by atoms with van der Waals surface area (Å²) < 4.78 is 0. The molecule has 1 N–H and O–H groups in total. The van der Waals surface area contributed by atoms with Crippen LogP contribution < -0.4 is 5.32 Å². The number of aromatic nitrogens is 1. The van der Waals surface area contributed by atoms with Crippen molar-refractivity contribution in [2.75, 3.05) is 26.2 Å². The van der Waals surface area contributed by atoms with Gasteiger partial charge in [0.25, 0.3) is 0 Å². The minimum atomic E-state index is 0.597. The molecule has 23 heavy (non-hydrogen) atoms. The summed E-state index contributed by atoms with van der Waals surface area (Å²) in [6.07, 6.45) is 10.7. The highest BCUT2D eigenvalue weighted by molar-refractivity contribution is 5.23. The van der Waals surface area contributed by atoms with E-state index in [1.54, 1.807) is 0 Å². The standard InChI is InChI=1S/C19H28N4/c1-3-17-15-22(14-16-6-5-9-21-19(16)4-2)12-13-23(17)18-7-10-20-11-8-18/h5-10,17,20H,3-4,11-15H2,1-2H3/t17-/m1/s1. The number of hydrogen-bond donors (Lipinski definition) is 1. The fourth-order valence-corrected chi connectivity index (χ4v) is 3.58. The van der Waals surface area contributed by atoms with Gasteiger partial charge in [-0.2, -0.15) is 0 Å². The van der Waals surface area contributed by atoms with E-state index in [4.69, 9.17) is 0 Å². The number of rotatable bonds is 5. The molecular formula is C19H28N4. The highest BCUT2D eigenvalue weighted by Crippen LogP contribution is 2.22. The van der Waals surface area contributed by atoms with Gasteiger partial charge in [0, 0.05) is 56.4 Å². The smallest absolute Gasteiger partial charge is 0.0445 e. The van der Waals surface area contributed by atoms with Gasteiger partial charge in [0.2, 0.25) is 0 Å². The molecule has 4 heteroatoms. The molecule has 1 fully saturated rings. The van der Waals surface area contributed by atoms with E-state index < -0.39 is 0 Å². The van der Waals surface area contributed by atoms with Crippen molar-refractivity contribution < 1.29 is 0 Å². The second kappa shape index (κ2) is 7.64. The Morgan fingerprint density at radius 1 is 1.30 bits per heavy atom. The van der Waals surface area contributed by atoms with Crippen LogP contribution in [0.25, 0.3) is 0 Å². The molecule has 0 amide bonds. The number of dihydropyridines is 1. The lowest BCUT2D eigenvalue weighted by atomic mass is 10.1. The molecule has 1 aromatic heterocycles. The molecular weight excluding hydrogens is 284 g/mol. The summed E-state index contributed by atoms with van der Waals surface area (Å²) in [5.74, 6) is 0. The molecule has 0 aromatic carbocycles. The molecule has 3 heterocycles. The third kappa shape index (κ3) is 3.75. The molecule has 0 spiro atoms. The molecule has 0 aliphatic carbocycles. The molecule has 0 bridgehead atoms. The van der Waals surface area contributed by atoms with Crippen molar-refractivity contribution in [2.24, 2.45) is 0 Å². The summed E-state index contributed by atoms with van der Waals surface area (Å²) in [6.45, 7) is 9.81. The van der Waals surface area contributed by atoms with Crippen LogP contribution in [0.1, 0.15) is 31.5 Å². The first-order chi connectivity index (χ1) is 11.3. The molecule has 0 unspecified atom stereocenters. The van der Waals surface area contributed by atoms with Crippen molar-refractivity contribution in [1.29, 1.82) is 0 Å². The maximum absolute atomic E-state index is 4.53. The largest absolute Gasteiger partial charge is 0.387 e. The monoisotopic (exact) mass is 312 g/mol. The van der Waals surface area contributed by atoms with Crippen molar-refractivity contribution in [1.82, 2.24) is 20.1 Å². The van der Waals surface area contributed by atoms with E-state index in [1.165, 1.54) is 23.4 Å². The van der Waals surface area contributed by atoms with E-state index in [1.807, 2.05) is 6.20 Å². The quantitative estimate of drug-likeness (QED) is 0.905. The fraction of sp³-hybridized carbons (Fsp3) is 0.526. The normalized spacial score (nSPS) is 21.9. The lowest BCUT2D eigenvalue weighted by Crippen LogP contribution is -2.52. The van der Waals surface area contributed by atoms with Crippen molar-refractivity contribution in [3.8, 4) is 0 Å². The predicted octanol–water partition coefficient (Wildman–Crippen LogP) is 2.54. The first-order valence-corrected chi connectivity index (χ1v) is 8.83. The summed E-state index contributed by atoms with van der Waals surface area (Å²) in [6, 6.07) is 4.89. The Morgan fingerprint density at radius 3 is 2.96 bits per heavy atom. The van der Waals surface area contributed by atoms with E-state index in [0.29, 0.717) is 6.04 Å². The van der Waals surface area contributed by atoms with Crippen LogP contribution in [0, 0.1) is 0 Å². The molecule has 2 aliphatic rings. The second-order valence-electron chi connectivity index (χ2n) is 6.32. The van der Waals surface area contributed by atoms with E-state index in [9.17, 15) is 0 Å². The van der Waals surface area contributed by atoms with Crippen molar-refractivity contribution in [3.63, 3.8) is 0 Å². The van der Waals surface area contributed by atoms with Crippen LogP contribution in [0.15, 0.2) is 42.4 Å². The minimum absolute atomic E-state index is 0.597. The SMILES string of the molecule is CCc1ncccc1CN1CCN(C2=CCNC=C2)[C@H](CC)C1. The van der Waals surface area contributed by atoms with Gasteiger partial charge >= 0.3 is 0 Å². The average Bonchev–Trinajstić information content (AvgIpc) is 2.63. The topological polar surface area (TPSA) is 31.4 Å². The van der Waals surface area contributed by atoms with Crippen LogP contribution >= 0.6 is 0 Å². The Labute approximate surface area is 139 Å². The number of pyridine rings is 1. The molecule has 1 atom stereocenters. The maximum Gasteiger partial charge on any atom is 0.0445 e.